The molecular weight excluding hydrogens is 294 g/mol. The number of benzene rings is 1. The number of aliphatic carboxylic acids is 1. The van der Waals surface area contributed by atoms with Gasteiger partial charge in [-0.05, 0) is 18.6 Å². The molecule has 0 fully saturated rings. The Kier molecular flexibility index (Phi) is 4.29. The molecule has 0 radical (unpaired) electrons. The van der Waals surface area contributed by atoms with E-state index < -0.39 is 17.6 Å². The number of aromatic nitrogens is 2. The van der Waals surface area contributed by atoms with Crippen molar-refractivity contribution < 1.29 is 23.1 Å². The molecule has 0 aliphatic rings. The molecule has 0 unspecified atom stereocenters. The first-order valence-corrected chi connectivity index (χ1v) is 6.04. The third-order valence-electron chi connectivity index (χ3n) is 2.49. The molecule has 0 aliphatic heterocycles. The molecule has 2 rings (SSSR count). The van der Waals surface area contributed by atoms with Crippen molar-refractivity contribution >= 4 is 17.6 Å². The van der Waals surface area contributed by atoms with Crippen LogP contribution in [0.5, 0.6) is 0 Å². The van der Waals surface area contributed by atoms with Crippen LogP contribution in [0.4, 0.5) is 8.78 Å². The number of aryl methyl sites for hydroxylation is 1. The summed E-state index contributed by atoms with van der Waals surface area (Å²) in [6, 6.07) is 1.69. The number of carbonyl (C=O) groups is 1. The number of nitrogens with zero attached hydrogens (tertiary/aromatic N) is 2. The number of rotatable bonds is 5. The summed E-state index contributed by atoms with van der Waals surface area (Å²) in [5.41, 5.74) is -0.191. The fourth-order valence-corrected chi connectivity index (χ4v) is 1.69. The Balaban J connectivity index is 2.16. The van der Waals surface area contributed by atoms with Gasteiger partial charge in [-0.25, -0.2) is 8.78 Å². The molecule has 0 bridgehead atoms. The maximum atomic E-state index is 13.6. The highest BCUT2D eigenvalue weighted by molar-refractivity contribution is 6.30. The number of hydrogen-bond acceptors (Lipinski definition) is 4. The Bertz CT molecular complexity index is 646. The predicted octanol–water partition coefficient (Wildman–Crippen LogP) is 3.08. The van der Waals surface area contributed by atoms with Crippen LogP contribution in [0.1, 0.15) is 18.7 Å². The van der Waals surface area contributed by atoms with Gasteiger partial charge in [-0.1, -0.05) is 11.6 Å². The van der Waals surface area contributed by atoms with Gasteiger partial charge < -0.3 is 9.52 Å². The molecular formula is C12H9ClF2N2O3. The van der Waals surface area contributed by atoms with Gasteiger partial charge in [0, 0.05) is 12.8 Å². The lowest BCUT2D eigenvalue weighted by Gasteiger charge is -1.99. The number of carboxylic acids is 1. The van der Waals surface area contributed by atoms with Gasteiger partial charge in [0.05, 0.1) is 10.6 Å². The minimum Gasteiger partial charge on any atom is -0.481 e. The second-order valence-electron chi connectivity index (χ2n) is 3.99. The SMILES string of the molecule is O=C(O)CCCc1nnc(-c2cc(F)c(Cl)cc2F)o1. The van der Waals surface area contributed by atoms with Crippen LogP contribution >= 0.6 is 11.6 Å². The van der Waals surface area contributed by atoms with Crippen LogP contribution in [-0.2, 0) is 11.2 Å². The quantitative estimate of drug-likeness (QED) is 0.859. The Labute approximate surface area is 117 Å². The maximum absolute atomic E-state index is 13.6. The van der Waals surface area contributed by atoms with Crippen molar-refractivity contribution in [1.82, 2.24) is 10.2 Å². The van der Waals surface area contributed by atoms with Crippen molar-refractivity contribution in [2.24, 2.45) is 0 Å². The fraction of sp³-hybridized carbons (Fsp3) is 0.250. The van der Waals surface area contributed by atoms with Crippen molar-refractivity contribution in [3.8, 4) is 11.5 Å². The summed E-state index contributed by atoms with van der Waals surface area (Å²) < 4.78 is 32.1. The van der Waals surface area contributed by atoms with Crippen LogP contribution in [0.3, 0.4) is 0 Å². The number of hydrogen-bond donors (Lipinski definition) is 1. The van der Waals surface area contributed by atoms with Crippen LogP contribution in [0.2, 0.25) is 5.02 Å². The molecule has 8 heteroatoms. The van der Waals surface area contributed by atoms with Gasteiger partial charge in [0.2, 0.25) is 5.89 Å². The molecule has 2 aromatic rings. The third-order valence-corrected chi connectivity index (χ3v) is 2.78. The zero-order chi connectivity index (χ0) is 14.7. The first-order chi connectivity index (χ1) is 9.47. The molecule has 0 aliphatic carbocycles. The topological polar surface area (TPSA) is 76.2 Å². The Hall–Kier alpha value is -2.02. The highest BCUT2D eigenvalue weighted by Crippen LogP contribution is 2.27. The molecule has 0 saturated carbocycles. The Morgan fingerprint density at radius 1 is 1.30 bits per heavy atom. The lowest BCUT2D eigenvalue weighted by molar-refractivity contribution is -0.137. The molecule has 1 aromatic carbocycles. The lowest BCUT2D eigenvalue weighted by Crippen LogP contribution is -1.95. The highest BCUT2D eigenvalue weighted by Gasteiger charge is 2.16. The van der Waals surface area contributed by atoms with Gasteiger partial charge in [-0.15, -0.1) is 10.2 Å². The van der Waals surface area contributed by atoms with Crippen LogP contribution in [0.15, 0.2) is 16.5 Å². The number of carboxylic acid groups (broad SMARTS) is 1. The Morgan fingerprint density at radius 2 is 2.05 bits per heavy atom. The van der Waals surface area contributed by atoms with E-state index in [0.29, 0.717) is 6.42 Å². The Morgan fingerprint density at radius 3 is 2.75 bits per heavy atom. The summed E-state index contributed by atoms with van der Waals surface area (Å²) in [5.74, 6) is -2.53. The van der Waals surface area contributed by atoms with Gasteiger partial charge in [-0.2, -0.15) is 0 Å². The normalized spacial score (nSPS) is 10.8. The second kappa shape index (κ2) is 5.96. The van der Waals surface area contributed by atoms with E-state index in [1.165, 1.54) is 0 Å². The zero-order valence-corrected chi connectivity index (χ0v) is 10.8. The van der Waals surface area contributed by atoms with Gasteiger partial charge in [0.1, 0.15) is 11.6 Å². The highest BCUT2D eigenvalue weighted by atomic mass is 35.5. The van der Waals surface area contributed by atoms with Gasteiger partial charge >= 0.3 is 5.97 Å². The minimum absolute atomic E-state index is 0.0400. The molecule has 1 N–H and O–H groups in total. The zero-order valence-electron chi connectivity index (χ0n) is 10.1. The van der Waals surface area contributed by atoms with Crippen molar-refractivity contribution in [3.05, 3.63) is 34.7 Å². The van der Waals surface area contributed by atoms with Crippen molar-refractivity contribution in [1.29, 1.82) is 0 Å². The van der Waals surface area contributed by atoms with Crippen molar-refractivity contribution in [2.75, 3.05) is 0 Å². The standard InChI is InChI=1S/C12H9ClF2N2O3/c13-7-5-8(14)6(4-9(7)15)12-17-16-10(20-12)2-1-3-11(18)19/h4-5H,1-3H2,(H,18,19). The summed E-state index contributed by atoms with van der Waals surface area (Å²) in [6.45, 7) is 0. The summed E-state index contributed by atoms with van der Waals surface area (Å²) in [4.78, 5) is 10.4. The average Bonchev–Trinajstić information content (AvgIpc) is 2.82. The van der Waals surface area contributed by atoms with Gasteiger partial charge in [-0.3, -0.25) is 4.79 Å². The average molecular weight is 303 g/mol. The lowest BCUT2D eigenvalue weighted by atomic mass is 10.2. The van der Waals surface area contributed by atoms with E-state index >= 15 is 0 Å². The van der Waals surface area contributed by atoms with Crippen LogP contribution in [-0.4, -0.2) is 21.3 Å². The molecule has 20 heavy (non-hydrogen) atoms. The summed E-state index contributed by atoms with van der Waals surface area (Å²) in [7, 11) is 0. The van der Waals surface area contributed by atoms with E-state index in [1.807, 2.05) is 0 Å². The number of halogens is 3. The van der Waals surface area contributed by atoms with E-state index in [1.54, 1.807) is 0 Å². The van der Waals surface area contributed by atoms with Crippen LogP contribution < -0.4 is 0 Å². The fourth-order valence-electron chi connectivity index (χ4n) is 1.54. The molecule has 0 atom stereocenters. The minimum atomic E-state index is -0.935. The second-order valence-corrected chi connectivity index (χ2v) is 4.40. The molecule has 5 nitrogen and oxygen atoms in total. The van der Waals surface area contributed by atoms with Crippen molar-refractivity contribution in [2.45, 2.75) is 19.3 Å². The van der Waals surface area contributed by atoms with Crippen LogP contribution in [0, 0.1) is 11.6 Å². The monoisotopic (exact) mass is 302 g/mol. The first kappa shape index (κ1) is 14.4. The first-order valence-electron chi connectivity index (χ1n) is 5.66. The summed E-state index contributed by atoms with van der Waals surface area (Å²) in [5, 5.41) is 15.4. The maximum Gasteiger partial charge on any atom is 0.303 e. The smallest absolute Gasteiger partial charge is 0.303 e. The third kappa shape index (κ3) is 3.30. The summed E-state index contributed by atoms with van der Waals surface area (Å²) >= 11 is 5.44. The van der Waals surface area contributed by atoms with E-state index in [9.17, 15) is 13.6 Å². The summed E-state index contributed by atoms with van der Waals surface area (Å²) in [6.07, 6.45) is 0.521. The van der Waals surface area contributed by atoms with Crippen LogP contribution in [0.25, 0.3) is 11.5 Å². The molecule has 106 valence electrons. The largest absolute Gasteiger partial charge is 0.481 e. The molecule has 1 aromatic heterocycles. The van der Waals surface area contributed by atoms with E-state index in [0.717, 1.165) is 12.1 Å². The molecule has 1 heterocycles. The van der Waals surface area contributed by atoms with E-state index in [2.05, 4.69) is 10.2 Å². The predicted molar refractivity (Wildman–Crippen MR) is 65.2 cm³/mol. The molecule has 0 saturated heterocycles. The van der Waals surface area contributed by atoms with Gasteiger partial charge in [0.15, 0.2) is 0 Å². The molecule has 0 amide bonds. The van der Waals surface area contributed by atoms with Gasteiger partial charge in [0.25, 0.3) is 5.89 Å². The molecule has 0 spiro atoms. The van der Waals surface area contributed by atoms with Crippen molar-refractivity contribution in [3.63, 3.8) is 0 Å². The van der Waals surface area contributed by atoms with E-state index in [4.69, 9.17) is 21.1 Å². The van der Waals surface area contributed by atoms with E-state index in [-0.39, 0.29) is 35.2 Å².